The van der Waals surface area contributed by atoms with Crippen LogP contribution < -0.4 is 11.2 Å². The lowest BCUT2D eigenvalue weighted by atomic mass is 10.1. The second-order valence-electron chi connectivity index (χ2n) is 7.38. The highest BCUT2D eigenvalue weighted by Crippen LogP contribution is 2.39. The van der Waals surface area contributed by atoms with Crippen molar-refractivity contribution in [1.82, 2.24) is 4.57 Å². The van der Waals surface area contributed by atoms with Crippen molar-refractivity contribution in [2.75, 3.05) is 0 Å². The Labute approximate surface area is 199 Å². The fraction of sp³-hybridized carbons (Fsp3) is 0.0400. The number of fused-ring (bicyclic) bond motifs is 3. The molecule has 0 amide bonds. The minimum Gasteiger partial charge on any atom is -0.508 e. The molecule has 0 fully saturated rings. The van der Waals surface area contributed by atoms with Gasteiger partial charge in [-0.2, -0.15) is 0 Å². The predicted octanol–water partition coefficient (Wildman–Crippen LogP) is 5.48. The van der Waals surface area contributed by atoms with Crippen LogP contribution in [-0.4, -0.2) is 14.8 Å². The summed E-state index contributed by atoms with van der Waals surface area (Å²) in [6, 6.07) is 21.1. The van der Waals surface area contributed by atoms with Gasteiger partial charge in [0.2, 0.25) is 0 Å². The first-order valence-electron chi connectivity index (χ1n) is 9.95. The molecule has 8 heteroatoms. The Morgan fingerprint density at radius 1 is 0.939 bits per heavy atom. The van der Waals surface area contributed by atoms with Gasteiger partial charge in [0.15, 0.2) is 11.3 Å². The molecule has 5 aromatic rings. The molecule has 0 aliphatic carbocycles. The van der Waals surface area contributed by atoms with Gasteiger partial charge < -0.3 is 19.2 Å². The van der Waals surface area contributed by atoms with Gasteiger partial charge in [-0.3, -0.25) is 4.79 Å². The summed E-state index contributed by atoms with van der Waals surface area (Å²) in [6.07, 6.45) is 0. The number of pyridine rings is 1. The van der Waals surface area contributed by atoms with E-state index in [1.807, 2.05) is 42.5 Å². The third-order valence-corrected chi connectivity index (χ3v) is 7.36. The molecule has 0 aliphatic heterocycles. The monoisotopic (exact) mass is 521 g/mol. The van der Waals surface area contributed by atoms with Crippen LogP contribution in [0.5, 0.6) is 11.5 Å². The number of benzene rings is 3. The van der Waals surface area contributed by atoms with Gasteiger partial charge in [0.1, 0.15) is 16.0 Å². The van der Waals surface area contributed by atoms with Crippen molar-refractivity contribution in [3.63, 3.8) is 0 Å². The summed E-state index contributed by atoms with van der Waals surface area (Å²) in [4.78, 5) is 27.1. The van der Waals surface area contributed by atoms with Crippen LogP contribution in [0.3, 0.4) is 0 Å². The molecule has 0 radical (unpaired) electrons. The van der Waals surface area contributed by atoms with E-state index in [9.17, 15) is 19.8 Å². The Morgan fingerprint density at radius 3 is 2.42 bits per heavy atom. The minimum absolute atomic E-state index is 0.0155. The van der Waals surface area contributed by atoms with Crippen LogP contribution >= 0.6 is 27.7 Å². The molecule has 5 rings (SSSR count). The van der Waals surface area contributed by atoms with E-state index in [0.29, 0.717) is 15.8 Å². The molecule has 0 aliphatic rings. The number of hydrogen-bond donors (Lipinski definition) is 2. The van der Waals surface area contributed by atoms with Gasteiger partial charge >= 0.3 is 5.63 Å². The van der Waals surface area contributed by atoms with Crippen LogP contribution in [0.25, 0.3) is 21.9 Å². The molecular formula is C25H16BrNO5S. The van der Waals surface area contributed by atoms with Crippen molar-refractivity contribution in [1.29, 1.82) is 0 Å². The number of phenolic OH excluding ortho intramolecular Hbond substituents is 1. The molecule has 3 aromatic carbocycles. The van der Waals surface area contributed by atoms with Crippen molar-refractivity contribution in [3.05, 3.63) is 104 Å². The third kappa shape index (κ3) is 3.81. The normalized spacial score (nSPS) is 11.3. The van der Waals surface area contributed by atoms with E-state index in [1.54, 1.807) is 18.2 Å². The Hall–Kier alpha value is -3.49. The first kappa shape index (κ1) is 21.4. The number of hydrogen-bond acceptors (Lipinski definition) is 6. The highest BCUT2D eigenvalue weighted by Gasteiger charge is 2.23. The first-order chi connectivity index (χ1) is 15.9. The maximum Gasteiger partial charge on any atom is 0.354 e. The van der Waals surface area contributed by atoms with E-state index in [2.05, 4.69) is 15.9 Å². The molecule has 164 valence electrons. The number of aromatic nitrogens is 1. The Bertz CT molecular complexity index is 1640. The topological polar surface area (TPSA) is 92.7 Å². The van der Waals surface area contributed by atoms with Gasteiger partial charge in [-0.15, -0.1) is 0 Å². The van der Waals surface area contributed by atoms with Gasteiger partial charge in [0.05, 0.1) is 12.1 Å². The molecule has 2 heterocycles. The van der Waals surface area contributed by atoms with Crippen LogP contribution in [0.1, 0.15) is 5.56 Å². The van der Waals surface area contributed by atoms with Crippen LogP contribution in [0.2, 0.25) is 0 Å². The summed E-state index contributed by atoms with van der Waals surface area (Å²) in [5.41, 5.74) is -0.0378. The summed E-state index contributed by atoms with van der Waals surface area (Å²) >= 11 is 4.45. The highest BCUT2D eigenvalue weighted by atomic mass is 79.9. The van der Waals surface area contributed by atoms with Crippen molar-refractivity contribution in [3.8, 4) is 11.5 Å². The zero-order valence-corrected chi connectivity index (χ0v) is 19.4. The average Bonchev–Trinajstić information content (AvgIpc) is 2.80. The van der Waals surface area contributed by atoms with E-state index in [0.717, 1.165) is 21.8 Å². The summed E-state index contributed by atoms with van der Waals surface area (Å²) < 4.78 is 7.78. The minimum atomic E-state index is -0.754. The van der Waals surface area contributed by atoms with E-state index in [-0.39, 0.29) is 28.2 Å². The molecule has 33 heavy (non-hydrogen) atoms. The number of rotatable bonds is 4. The van der Waals surface area contributed by atoms with Crippen LogP contribution in [0, 0.1) is 0 Å². The Balaban J connectivity index is 1.82. The lowest BCUT2D eigenvalue weighted by Gasteiger charge is -2.14. The molecule has 6 nitrogen and oxygen atoms in total. The van der Waals surface area contributed by atoms with Crippen molar-refractivity contribution < 1.29 is 14.6 Å². The fourth-order valence-corrected chi connectivity index (χ4v) is 5.11. The summed E-state index contributed by atoms with van der Waals surface area (Å²) in [6.45, 7) is 0.209. The molecule has 2 N–H and O–H groups in total. The average molecular weight is 522 g/mol. The van der Waals surface area contributed by atoms with Gasteiger partial charge in [0.25, 0.3) is 5.56 Å². The predicted molar refractivity (Wildman–Crippen MR) is 131 cm³/mol. The second-order valence-corrected chi connectivity index (χ2v) is 9.29. The maximum atomic E-state index is 13.6. The van der Waals surface area contributed by atoms with E-state index in [1.165, 1.54) is 16.7 Å². The second kappa shape index (κ2) is 8.46. The SMILES string of the molecule is O=c1oc2c(c(O)c1Sc1ccccc1Br)c(=O)n(Cc1ccccc1)c1cc(O)ccc21. The summed E-state index contributed by atoms with van der Waals surface area (Å²) in [5.74, 6) is -0.459. The zero-order valence-electron chi connectivity index (χ0n) is 17.0. The Kier molecular flexibility index (Phi) is 5.47. The van der Waals surface area contributed by atoms with Gasteiger partial charge in [-0.25, -0.2) is 4.79 Å². The van der Waals surface area contributed by atoms with Gasteiger partial charge in [-0.05, 0) is 45.8 Å². The standard InChI is InChI=1S/C25H16BrNO5S/c26-17-8-4-5-9-19(17)33-23-21(29)20-22(32-25(23)31)16-11-10-15(28)12-18(16)27(24(20)30)13-14-6-2-1-3-7-14/h1-12,28-29H,13H2. The molecule has 0 saturated heterocycles. The maximum absolute atomic E-state index is 13.6. The van der Waals surface area contributed by atoms with Gasteiger partial charge in [-0.1, -0.05) is 54.2 Å². The lowest BCUT2D eigenvalue weighted by molar-refractivity contribution is 0.446. The molecule has 0 unspecified atom stereocenters. The zero-order chi connectivity index (χ0) is 23.1. The Morgan fingerprint density at radius 2 is 1.67 bits per heavy atom. The molecule has 0 spiro atoms. The number of halogens is 1. The third-order valence-electron chi connectivity index (χ3n) is 5.27. The van der Waals surface area contributed by atoms with Crippen LogP contribution in [-0.2, 0) is 6.54 Å². The summed E-state index contributed by atoms with van der Waals surface area (Å²) in [7, 11) is 0. The number of aromatic hydroxyl groups is 2. The van der Waals surface area contributed by atoms with Crippen molar-refractivity contribution in [2.24, 2.45) is 0 Å². The van der Waals surface area contributed by atoms with Crippen molar-refractivity contribution >= 4 is 49.6 Å². The molecular weight excluding hydrogens is 506 g/mol. The first-order valence-corrected chi connectivity index (χ1v) is 11.6. The highest BCUT2D eigenvalue weighted by molar-refractivity contribution is 9.10. The smallest absolute Gasteiger partial charge is 0.354 e. The molecule has 0 bridgehead atoms. The quantitative estimate of drug-likeness (QED) is 0.304. The van der Waals surface area contributed by atoms with E-state index < -0.39 is 16.9 Å². The lowest BCUT2D eigenvalue weighted by Crippen LogP contribution is -2.22. The molecule has 0 saturated carbocycles. The fourth-order valence-electron chi connectivity index (χ4n) is 3.73. The largest absolute Gasteiger partial charge is 0.508 e. The van der Waals surface area contributed by atoms with E-state index in [4.69, 9.17) is 4.42 Å². The van der Waals surface area contributed by atoms with Crippen molar-refractivity contribution in [2.45, 2.75) is 16.3 Å². The van der Waals surface area contributed by atoms with E-state index >= 15 is 0 Å². The van der Waals surface area contributed by atoms with Gasteiger partial charge in [0, 0.05) is 20.8 Å². The molecule has 2 aromatic heterocycles. The number of phenols is 1. The van der Waals surface area contributed by atoms with Crippen LogP contribution in [0.15, 0.2) is 101 Å². The number of nitrogens with zero attached hydrogens (tertiary/aromatic N) is 1. The van der Waals surface area contributed by atoms with Crippen LogP contribution in [0.4, 0.5) is 0 Å². The molecule has 0 atom stereocenters. The summed E-state index contributed by atoms with van der Waals surface area (Å²) in [5, 5.41) is 21.5.